The normalized spacial score (nSPS) is 13.1. The summed E-state index contributed by atoms with van der Waals surface area (Å²) in [4.78, 5) is 12.8. The number of rotatable bonds is 6. The summed E-state index contributed by atoms with van der Waals surface area (Å²) < 4.78 is 12.7. The predicted octanol–water partition coefficient (Wildman–Crippen LogP) is 2.41. The summed E-state index contributed by atoms with van der Waals surface area (Å²) >= 11 is 1.54. The summed E-state index contributed by atoms with van der Waals surface area (Å²) in [7, 11) is 0. The number of hydrogen-bond acceptors (Lipinski definition) is 3. The average Bonchev–Trinajstić information content (AvgIpc) is 2.34. The monoisotopic (exact) mass is 284 g/mol. The Hall–Kier alpha value is -1.07. The molecule has 3 N–H and O–H groups in total. The molecule has 1 atom stereocenters. The molecular formula is C14H21FN2OS. The van der Waals surface area contributed by atoms with Gasteiger partial charge in [-0.05, 0) is 38.1 Å². The molecule has 3 nitrogen and oxygen atoms in total. The first-order valence-corrected chi connectivity index (χ1v) is 7.21. The number of nitrogens with two attached hydrogens (primary N) is 1. The van der Waals surface area contributed by atoms with E-state index in [9.17, 15) is 9.18 Å². The minimum absolute atomic E-state index is 0.00635. The summed E-state index contributed by atoms with van der Waals surface area (Å²) in [5.74, 6) is 0.286. The van der Waals surface area contributed by atoms with E-state index in [4.69, 9.17) is 5.73 Å². The summed E-state index contributed by atoms with van der Waals surface area (Å²) in [5.41, 5.74) is 5.40. The van der Waals surface area contributed by atoms with E-state index in [-0.39, 0.29) is 17.6 Å². The Morgan fingerprint density at radius 1 is 1.42 bits per heavy atom. The Labute approximate surface area is 118 Å². The Balaban J connectivity index is 2.36. The van der Waals surface area contributed by atoms with Crippen molar-refractivity contribution in [2.24, 2.45) is 11.7 Å². The van der Waals surface area contributed by atoms with Crippen LogP contribution < -0.4 is 11.1 Å². The van der Waals surface area contributed by atoms with Crippen LogP contribution in [0.15, 0.2) is 29.2 Å². The molecule has 0 bridgehead atoms. The molecule has 0 aliphatic rings. The molecule has 1 unspecified atom stereocenters. The number of thioether (sulfide) groups is 1. The fraction of sp³-hybridized carbons (Fsp3) is 0.500. The Morgan fingerprint density at radius 3 is 2.53 bits per heavy atom. The summed E-state index contributed by atoms with van der Waals surface area (Å²) in [6, 6.07) is 6.27. The number of hydrogen-bond donors (Lipinski definition) is 2. The highest BCUT2D eigenvalue weighted by Gasteiger charge is 2.17. The van der Waals surface area contributed by atoms with E-state index in [1.807, 2.05) is 20.8 Å². The molecule has 0 heterocycles. The van der Waals surface area contributed by atoms with Crippen molar-refractivity contribution in [3.05, 3.63) is 30.1 Å². The summed E-state index contributed by atoms with van der Waals surface area (Å²) in [6.07, 6.45) is 0. The van der Waals surface area contributed by atoms with Crippen molar-refractivity contribution < 1.29 is 9.18 Å². The second-order valence-corrected chi connectivity index (χ2v) is 6.47. The van der Waals surface area contributed by atoms with Crippen molar-refractivity contribution >= 4 is 17.7 Å². The molecule has 0 saturated carbocycles. The molecule has 1 aromatic rings. The highest BCUT2D eigenvalue weighted by molar-refractivity contribution is 7.99. The smallest absolute Gasteiger partial charge is 0.223 e. The van der Waals surface area contributed by atoms with E-state index >= 15 is 0 Å². The van der Waals surface area contributed by atoms with Crippen LogP contribution in [0.5, 0.6) is 0 Å². The molecule has 19 heavy (non-hydrogen) atoms. The number of amides is 1. The zero-order valence-electron chi connectivity index (χ0n) is 11.6. The zero-order chi connectivity index (χ0) is 14.5. The molecule has 106 valence electrons. The van der Waals surface area contributed by atoms with Gasteiger partial charge in [-0.15, -0.1) is 11.8 Å². The van der Waals surface area contributed by atoms with Crippen LogP contribution in [0.25, 0.3) is 0 Å². The van der Waals surface area contributed by atoms with Gasteiger partial charge in [-0.25, -0.2) is 4.39 Å². The van der Waals surface area contributed by atoms with E-state index in [2.05, 4.69) is 5.32 Å². The van der Waals surface area contributed by atoms with Crippen LogP contribution >= 0.6 is 11.8 Å². The second kappa shape index (κ2) is 6.91. The SMILES string of the molecule is CC(CSc1ccc(F)cc1)C(=O)NCC(C)(C)N. The maximum Gasteiger partial charge on any atom is 0.223 e. The van der Waals surface area contributed by atoms with Gasteiger partial charge in [-0.1, -0.05) is 6.92 Å². The van der Waals surface area contributed by atoms with E-state index in [1.165, 1.54) is 12.1 Å². The van der Waals surface area contributed by atoms with Crippen molar-refractivity contribution in [2.45, 2.75) is 31.2 Å². The predicted molar refractivity (Wildman–Crippen MR) is 77.6 cm³/mol. The van der Waals surface area contributed by atoms with Crippen molar-refractivity contribution in [1.82, 2.24) is 5.32 Å². The van der Waals surface area contributed by atoms with E-state index in [0.717, 1.165) is 4.90 Å². The largest absolute Gasteiger partial charge is 0.354 e. The highest BCUT2D eigenvalue weighted by Crippen LogP contribution is 2.20. The lowest BCUT2D eigenvalue weighted by Crippen LogP contribution is -2.46. The lowest BCUT2D eigenvalue weighted by molar-refractivity contribution is -0.124. The number of halogens is 1. The van der Waals surface area contributed by atoms with Gasteiger partial charge in [-0.2, -0.15) is 0 Å². The van der Waals surface area contributed by atoms with Gasteiger partial charge in [0.25, 0.3) is 0 Å². The Kier molecular flexibility index (Phi) is 5.82. The van der Waals surface area contributed by atoms with Crippen LogP contribution in [0, 0.1) is 11.7 Å². The van der Waals surface area contributed by atoms with Crippen LogP contribution in [0.1, 0.15) is 20.8 Å². The number of benzene rings is 1. The molecule has 0 radical (unpaired) electrons. The Bertz CT molecular complexity index is 414. The van der Waals surface area contributed by atoms with Gasteiger partial charge in [0, 0.05) is 28.6 Å². The lowest BCUT2D eigenvalue weighted by atomic mass is 10.1. The standard InChI is InChI=1S/C14H21FN2OS/c1-10(13(18)17-9-14(2,3)16)8-19-12-6-4-11(15)5-7-12/h4-7,10H,8-9,16H2,1-3H3,(H,17,18). The fourth-order valence-corrected chi connectivity index (χ4v) is 2.24. The number of carbonyl (C=O) groups excluding carboxylic acids is 1. The minimum atomic E-state index is -0.403. The third-order valence-electron chi connectivity index (χ3n) is 2.48. The van der Waals surface area contributed by atoms with Crippen molar-refractivity contribution in [1.29, 1.82) is 0 Å². The topological polar surface area (TPSA) is 55.1 Å². The fourth-order valence-electron chi connectivity index (χ4n) is 1.32. The summed E-state index contributed by atoms with van der Waals surface area (Å²) in [5, 5.41) is 2.83. The molecule has 1 rings (SSSR count). The number of carbonyl (C=O) groups is 1. The van der Waals surface area contributed by atoms with Crippen LogP contribution in [0.2, 0.25) is 0 Å². The van der Waals surface area contributed by atoms with Gasteiger partial charge in [-0.3, -0.25) is 4.79 Å². The van der Waals surface area contributed by atoms with Crippen LogP contribution in [-0.4, -0.2) is 23.7 Å². The van der Waals surface area contributed by atoms with Gasteiger partial charge in [0.15, 0.2) is 0 Å². The first-order chi connectivity index (χ1) is 8.78. The van der Waals surface area contributed by atoms with Gasteiger partial charge in [0.2, 0.25) is 5.91 Å². The molecular weight excluding hydrogens is 263 g/mol. The van der Waals surface area contributed by atoms with Crippen molar-refractivity contribution in [3.8, 4) is 0 Å². The molecule has 5 heteroatoms. The molecule has 0 saturated heterocycles. The average molecular weight is 284 g/mol. The van der Waals surface area contributed by atoms with Crippen LogP contribution in [0.3, 0.4) is 0 Å². The van der Waals surface area contributed by atoms with Gasteiger partial charge in [0.1, 0.15) is 5.82 Å². The van der Waals surface area contributed by atoms with Gasteiger partial charge >= 0.3 is 0 Å². The maximum absolute atomic E-state index is 12.7. The quantitative estimate of drug-likeness (QED) is 0.789. The first-order valence-electron chi connectivity index (χ1n) is 6.23. The zero-order valence-corrected chi connectivity index (χ0v) is 12.4. The second-order valence-electron chi connectivity index (χ2n) is 5.37. The van der Waals surface area contributed by atoms with E-state index in [0.29, 0.717) is 12.3 Å². The molecule has 0 aliphatic carbocycles. The third kappa shape index (κ3) is 6.59. The third-order valence-corrected chi connectivity index (χ3v) is 3.75. The molecule has 0 spiro atoms. The molecule has 0 aliphatic heterocycles. The molecule has 1 aromatic carbocycles. The highest BCUT2D eigenvalue weighted by atomic mass is 32.2. The first kappa shape index (κ1) is 16.0. The number of nitrogens with one attached hydrogen (secondary N) is 1. The van der Waals surface area contributed by atoms with Gasteiger partial charge < -0.3 is 11.1 Å². The van der Waals surface area contributed by atoms with E-state index in [1.54, 1.807) is 23.9 Å². The maximum atomic E-state index is 12.7. The molecule has 0 aromatic heterocycles. The molecule has 1 amide bonds. The van der Waals surface area contributed by atoms with Crippen molar-refractivity contribution in [2.75, 3.05) is 12.3 Å². The minimum Gasteiger partial charge on any atom is -0.354 e. The van der Waals surface area contributed by atoms with Gasteiger partial charge in [0.05, 0.1) is 0 Å². The van der Waals surface area contributed by atoms with E-state index < -0.39 is 5.54 Å². The lowest BCUT2D eigenvalue weighted by Gasteiger charge is -2.20. The van der Waals surface area contributed by atoms with Crippen molar-refractivity contribution in [3.63, 3.8) is 0 Å². The summed E-state index contributed by atoms with van der Waals surface area (Å²) in [6.45, 7) is 6.06. The van der Waals surface area contributed by atoms with Crippen LogP contribution in [-0.2, 0) is 4.79 Å². The Morgan fingerprint density at radius 2 is 2.00 bits per heavy atom. The molecule has 0 fully saturated rings. The van der Waals surface area contributed by atoms with Crippen LogP contribution in [0.4, 0.5) is 4.39 Å².